The highest BCUT2D eigenvalue weighted by atomic mass is 32.1. The molecule has 1 aliphatic rings. The van der Waals surface area contributed by atoms with E-state index in [9.17, 15) is 9.59 Å². The summed E-state index contributed by atoms with van der Waals surface area (Å²) >= 11 is 1.68. The monoisotopic (exact) mass is 374 g/mol. The third kappa shape index (κ3) is 3.99. The predicted molar refractivity (Wildman–Crippen MR) is 101 cm³/mol. The molecule has 3 rings (SSSR count). The van der Waals surface area contributed by atoms with Gasteiger partial charge in [-0.05, 0) is 30.0 Å². The Morgan fingerprint density at radius 1 is 1.27 bits per heavy atom. The molecule has 1 N–H and O–H groups in total. The van der Waals surface area contributed by atoms with E-state index in [-0.39, 0.29) is 24.2 Å². The summed E-state index contributed by atoms with van der Waals surface area (Å²) in [6.45, 7) is 0.958. The van der Waals surface area contributed by atoms with Gasteiger partial charge in [-0.1, -0.05) is 6.07 Å². The van der Waals surface area contributed by atoms with Gasteiger partial charge in [0.2, 0.25) is 11.8 Å². The predicted octanol–water partition coefficient (Wildman–Crippen LogP) is 2.48. The van der Waals surface area contributed by atoms with Crippen molar-refractivity contribution >= 4 is 28.8 Å². The lowest BCUT2D eigenvalue weighted by Gasteiger charge is -2.18. The van der Waals surface area contributed by atoms with E-state index < -0.39 is 0 Å². The van der Waals surface area contributed by atoms with E-state index in [4.69, 9.17) is 9.47 Å². The summed E-state index contributed by atoms with van der Waals surface area (Å²) in [6.07, 6.45) is 1.03. The lowest BCUT2D eigenvalue weighted by atomic mass is 10.1. The summed E-state index contributed by atoms with van der Waals surface area (Å²) in [5, 5.41) is 4.96. The topological polar surface area (TPSA) is 67.9 Å². The van der Waals surface area contributed by atoms with E-state index in [0.29, 0.717) is 30.3 Å². The molecule has 138 valence electrons. The molecule has 1 aromatic heterocycles. The summed E-state index contributed by atoms with van der Waals surface area (Å²) in [5.74, 6) is 0.694. The van der Waals surface area contributed by atoms with Crippen LogP contribution in [0.1, 0.15) is 11.3 Å². The Morgan fingerprint density at radius 2 is 2.08 bits per heavy atom. The summed E-state index contributed by atoms with van der Waals surface area (Å²) in [7, 11) is 3.12. The number of carbonyl (C=O) groups is 2. The minimum absolute atomic E-state index is 0.0596. The lowest BCUT2D eigenvalue weighted by Crippen LogP contribution is -2.34. The molecule has 1 unspecified atom stereocenters. The fourth-order valence-electron chi connectivity index (χ4n) is 3.03. The zero-order chi connectivity index (χ0) is 18.5. The van der Waals surface area contributed by atoms with Gasteiger partial charge in [0.25, 0.3) is 0 Å². The fraction of sp³-hybridized carbons (Fsp3) is 0.368. The summed E-state index contributed by atoms with van der Waals surface area (Å²) in [4.78, 5) is 27.6. The third-order valence-electron chi connectivity index (χ3n) is 4.43. The standard InChI is InChI=1S/C19H22N2O4S/c1-24-16-6-5-14(11-17(16)25-2)21-12-13(10-18(21)22)19(23)20-8-7-15-4-3-9-26-15/h3-6,9,11,13H,7-8,10,12H2,1-2H3,(H,20,23). The molecule has 0 bridgehead atoms. The number of thiophene rings is 1. The number of carbonyl (C=O) groups excluding carboxylic acids is 2. The molecule has 1 aliphatic heterocycles. The van der Waals surface area contributed by atoms with Gasteiger partial charge in [-0.25, -0.2) is 0 Å². The van der Waals surface area contributed by atoms with Crippen LogP contribution in [-0.2, 0) is 16.0 Å². The van der Waals surface area contributed by atoms with Crippen molar-refractivity contribution in [3.8, 4) is 11.5 Å². The maximum Gasteiger partial charge on any atom is 0.227 e. The molecule has 0 spiro atoms. The van der Waals surface area contributed by atoms with Crippen LogP contribution in [0, 0.1) is 5.92 Å². The SMILES string of the molecule is COc1ccc(N2CC(C(=O)NCCc3cccs3)CC2=O)cc1OC. The van der Waals surface area contributed by atoms with Crippen molar-refractivity contribution in [2.75, 3.05) is 32.2 Å². The second kappa shape index (κ2) is 8.23. The molecule has 0 saturated carbocycles. The molecule has 6 nitrogen and oxygen atoms in total. The normalized spacial score (nSPS) is 16.6. The van der Waals surface area contributed by atoms with E-state index in [1.807, 2.05) is 11.4 Å². The number of nitrogens with one attached hydrogen (secondary N) is 1. The van der Waals surface area contributed by atoms with Crippen molar-refractivity contribution in [2.24, 2.45) is 5.92 Å². The highest BCUT2D eigenvalue weighted by molar-refractivity contribution is 7.09. The number of hydrogen-bond acceptors (Lipinski definition) is 5. The maximum atomic E-state index is 12.4. The van der Waals surface area contributed by atoms with Crippen LogP contribution in [0.15, 0.2) is 35.7 Å². The van der Waals surface area contributed by atoms with Crippen LogP contribution in [-0.4, -0.2) is 39.1 Å². The molecular weight excluding hydrogens is 352 g/mol. The first-order valence-corrected chi connectivity index (χ1v) is 9.33. The van der Waals surface area contributed by atoms with Gasteiger partial charge in [-0.2, -0.15) is 0 Å². The average Bonchev–Trinajstić information content (AvgIpc) is 3.30. The van der Waals surface area contributed by atoms with E-state index in [2.05, 4.69) is 11.4 Å². The molecule has 1 aromatic carbocycles. The van der Waals surface area contributed by atoms with Crippen LogP contribution in [0.25, 0.3) is 0 Å². The van der Waals surface area contributed by atoms with Gasteiger partial charge in [0, 0.05) is 36.1 Å². The Bertz CT molecular complexity index is 776. The average molecular weight is 374 g/mol. The number of ether oxygens (including phenoxy) is 2. The Balaban J connectivity index is 1.60. The second-order valence-electron chi connectivity index (χ2n) is 6.07. The quantitative estimate of drug-likeness (QED) is 0.808. The zero-order valence-electron chi connectivity index (χ0n) is 14.9. The number of amides is 2. The van der Waals surface area contributed by atoms with Crippen molar-refractivity contribution < 1.29 is 19.1 Å². The highest BCUT2D eigenvalue weighted by Gasteiger charge is 2.35. The van der Waals surface area contributed by atoms with E-state index in [0.717, 1.165) is 6.42 Å². The Morgan fingerprint density at radius 3 is 2.77 bits per heavy atom. The first-order valence-electron chi connectivity index (χ1n) is 8.45. The molecule has 1 atom stereocenters. The number of anilines is 1. The molecule has 2 heterocycles. The molecular formula is C19H22N2O4S. The fourth-order valence-corrected chi connectivity index (χ4v) is 3.74. The largest absolute Gasteiger partial charge is 0.493 e. The van der Waals surface area contributed by atoms with Gasteiger partial charge in [-0.15, -0.1) is 11.3 Å². The first-order chi connectivity index (χ1) is 12.6. The van der Waals surface area contributed by atoms with Gasteiger partial charge < -0.3 is 19.7 Å². The lowest BCUT2D eigenvalue weighted by molar-refractivity contribution is -0.126. The van der Waals surface area contributed by atoms with Gasteiger partial charge in [-0.3, -0.25) is 9.59 Å². The van der Waals surface area contributed by atoms with Crippen molar-refractivity contribution in [2.45, 2.75) is 12.8 Å². The van der Waals surface area contributed by atoms with Crippen LogP contribution in [0.2, 0.25) is 0 Å². The van der Waals surface area contributed by atoms with E-state index >= 15 is 0 Å². The minimum atomic E-state index is -0.334. The summed E-state index contributed by atoms with van der Waals surface area (Å²) in [5.41, 5.74) is 0.710. The van der Waals surface area contributed by atoms with Gasteiger partial charge in [0.05, 0.1) is 20.1 Å². The van der Waals surface area contributed by atoms with Crippen molar-refractivity contribution in [3.63, 3.8) is 0 Å². The zero-order valence-corrected chi connectivity index (χ0v) is 15.7. The first kappa shape index (κ1) is 18.3. The second-order valence-corrected chi connectivity index (χ2v) is 7.10. The molecule has 7 heteroatoms. The van der Waals surface area contributed by atoms with E-state index in [1.54, 1.807) is 48.7 Å². The minimum Gasteiger partial charge on any atom is -0.493 e. The number of hydrogen-bond donors (Lipinski definition) is 1. The number of benzene rings is 1. The molecule has 1 fully saturated rings. The Hall–Kier alpha value is -2.54. The van der Waals surface area contributed by atoms with Crippen LogP contribution in [0.4, 0.5) is 5.69 Å². The molecule has 1 saturated heterocycles. The molecule has 0 radical (unpaired) electrons. The number of rotatable bonds is 7. The van der Waals surface area contributed by atoms with E-state index in [1.165, 1.54) is 4.88 Å². The van der Waals surface area contributed by atoms with Crippen molar-refractivity contribution in [3.05, 3.63) is 40.6 Å². The van der Waals surface area contributed by atoms with Crippen molar-refractivity contribution in [1.29, 1.82) is 0 Å². The van der Waals surface area contributed by atoms with Gasteiger partial charge >= 0.3 is 0 Å². The maximum absolute atomic E-state index is 12.4. The molecule has 0 aliphatic carbocycles. The van der Waals surface area contributed by atoms with Crippen molar-refractivity contribution in [1.82, 2.24) is 5.32 Å². The summed E-state index contributed by atoms with van der Waals surface area (Å²) < 4.78 is 10.5. The third-order valence-corrected chi connectivity index (χ3v) is 5.36. The number of nitrogens with zero attached hydrogens (tertiary/aromatic N) is 1. The highest BCUT2D eigenvalue weighted by Crippen LogP contribution is 2.34. The Kier molecular flexibility index (Phi) is 5.78. The van der Waals surface area contributed by atoms with Crippen LogP contribution in [0.3, 0.4) is 0 Å². The van der Waals surface area contributed by atoms with Gasteiger partial charge in [0.1, 0.15) is 0 Å². The molecule has 26 heavy (non-hydrogen) atoms. The smallest absolute Gasteiger partial charge is 0.227 e. The molecule has 2 amide bonds. The van der Waals surface area contributed by atoms with Crippen LogP contribution < -0.4 is 19.7 Å². The molecule has 2 aromatic rings. The summed E-state index contributed by atoms with van der Waals surface area (Å²) in [6, 6.07) is 9.37. The van der Waals surface area contributed by atoms with Crippen LogP contribution in [0.5, 0.6) is 11.5 Å². The van der Waals surface area contributed by atoms with Gasteiger partial charge in [0.15, 0.2) is 11.5 Å². The Labute approximate surface area is 156 Å². The number of methoxy groups -OCH3 is 2. The van der Waals surface area contributed by atoms with Crippen LogP contribution >= 0.6 is 11.3 Å².